The van der Waals surface area contributed by atoms with E-state index < -0.39 is 0 Å². The van der Waals surface area contributed by atoms with E-state index in [4.69, 9.17) is 12.2 Å². The number of aromatic nitrogens is 3. The summed E-state index contributed by atoms with van der Waals surface area (Å²) >= 11 is 5.61. The third-order valence-corrected chi connectivity index (χ3v) is 4.21. The fraction of sp³-hybridized carbons (Fsp3) is 0.471. The van der Waals surface area contributed by atoms with Crippen LogP contribution >= 0.6 is 12.2 Å². The van der Waals surface area contributed by atoms with Gasteiger partial charge in [0.1, 0.15) is 5.82 Å². The number of aryl methyl sites for hydroxylation is 2. The van der Waals surface area contributed by atoms with Crippen LogP contribution in [0.1, 0.15) is 24.7 Å². The molecule has 0 fully saturated rings. The molecule has 2 aromatic rings. The van der Waals surface area contributed by atoms with Crippen molar-refractivity contribution in [1.82, 2.24) is 19.7 Å². The predicted molar refractivity (Wildman–Crippen MR) is 96.9 cm³/mol. The first-order valence-electron chi connectivity index (χ1n) is 8.24. The van der Waals surface area contributed by atoms with Crippen LogP contribution in [0.5, 0.6) is 0 Å². The molecule has 0 saturated carbocycles. The van der Waals surface area contributed by atoms with Gasteiger partial charge in [0.15, 0.2) is 13.2 Å². The monoisotopic (exact) mass is 348 g/mol. The Balaban J connectivity index is 2.16. The van der Waals surface area contributed by atoms with Crippen LogP contribution in [-0.4, -0.2) is 40.4 Å². The SMILES string of the molecule is CCCNC(=O)C[NH+](C)Cn1nc(C)n(-c2ccccc2C)c1=S. The van der Waals surface area contributed by atoms with E-state index >= 15 is 0 Å². The number of quaternary nitrogens is 1. The van der Waals surface area contributed by atoms with Gasteiger partial charge in [0, 0.05) is 6.54 Å². The number of amides is 1. The second-order valence-corrected chi connectivity index (χ2v) is 6.46. The van der Waals surface area contributed by atoms with E-state index in [1.165, 1.54) is 0 Å². The largest absolute Gasteiger partial charge is 0.351 e. The minimum absolute atomic E-state index is 0.0518. The van der Waals surface area contributed by atoms with Gasteiger partial charge in [0.05, 0.1) is 12.7 Å². The molecule has 1 heterocycles. The smallest absolute Gasteiger partial charge is 0.275 e. The van der Waals surface area contributed by atoms with Crippen molar-refractivity contribution in [2.45, 2.75) is 33.9 Å². The zero-order chi connectivity index (χ0) is 17.7. The van der Waals surface area contributed by atoms with E-state index in [0.717, 1.165) is 28.4 Å². The Labute approximate surface area is 148 Å². The number of carbonyl (C=O) groups is 1. The minimum Gasteiger partial charge on any atom is -0.351 e. The van der Waals surface area contributed by atoms with E-state index in [1.807, 2.05) is 43.7 Å². The third kappa shape index (κ3) is 4.30. The Morgan fingerprint density at radius 3 is 2.71 bits per heavy atom. The number of nitrogens with zero attached hydrogens (tertiary/aromatic N) is 3. The number of benzene rings is 1. The maximum absolute atomic E-state index is 11.8. The van der Waals surface area contributed by atoms with Crippen LogP contribution in [0.4, 0.5) is 0 Å². The van der Waals surface area contributed by atoms with Crippen LogP contribution in [0.15, 0.2) is 24.3 Å². The average Bonchev–Trinajstić information content (AvgIpc) is 2.80. The molecule has 2 rings (SSSR count). The van der Waals surface area contributed by atoms with E-state index in [2.05, 4.69) is 23.4 Å². The van der Waals surface area contributed by atoms with Crippen LogP contribution in [0, 0.1) is 18.6 Å². The highest BCUT2D eigenvalue weighted by Crippen LogP contribution is 2.15. The average molecular weight is 348 g/mol. The topological polar surface area (TPSA) is 56.3 Å². The first-order chi connectivity index (χ1) is 11.4. The van der Waals surface area contributed by atoms with Gasteiger partial charge in [-0.15, -0.1) is 0 Å². The minimum atomic E-state index is 0.0518. The Morgan fingerprint density at radius 1 is 1.33 bits per heavy atom. The van der Waals surface area contributed by atoms with Gasteiger partial charge in [-0.2, -0.15) is 9.78 Å². The van der Waals surface area contributed by atoms with E-state index in [-0.39, 0.29) is 5.91 Å². The normalized spacial score (nSPS) is 12.2. The van der Waals surface area contributed by atoms with Gasteiger partial charge in [0.25, 0.3) is 5.91 Å². The van der Waals surface area contributed by atoms with E-state index in [1.54, 1.807) is 4.68 Å². The third-order valence-electron chi connectivity index (χ3n) is 3.81. The highest BCUT2D eigenvalue weighted by atomic mass is 32.1. The highest BCUT2D eigenvalue weighted by Gasteiger charge is 2.15. The molecule has 0 spiro atoms. The number of carbonyl (C=O) groups excluding carboxylic acids is 1. The molecule has 1 aromatic carbocycles. The highest BCUT2D eigenvalue weighted by molar-refractivity contribution is 7.71. The number of hydrogen-bond donors (Lipinski definition) is 2. The molecule has 1 atom stereocenters. The number of likely N-dealkylation sites (N-methyl/N-ethyl adjacent to an activating group) is 1. The molecular weight excluding hydrogens is 322 g/mol. The van der Waals surface area contributed by atoms with Crippen molar-refractivity contribution in [3.8, 4) is 5.69 Å². The van der Waals surface area contributed by atoms with Crippen LogP contribution < -0.4 is 10.2 Å². The molecule has 1 amide bonds. The molecule has 0 aliphatic rings. The maximum Gasteiger partial charge on any atom is 0.275 e. The molecule has 0 bridgehead atoms. The first-order valence-corrected chi connectivity index (χ1v) is 8.65. The molecule has 130 valence electrons. The predicted octanol–water partition coefficient (Wildman–Crippen LogP) is 1.02. The molecule has 7 heteroatoms. The van der Waals surface area contributed by atoms with E-state index in [0.29, 0.717) is 24.5 Å². The summed E-state index contributed by atoms with van der Waals surface area (Å²) in [5.41, 5.74) is 2.19. The summed E-state index contributed by atoms with van der Waals surface area (Å²) in [6.45, 7) is 7.71. The lowest BCUT2D eigenvalue weighted by molar-refractivity contribution is -0.895. The summed E-state index contributed by atoms with van der Waals surface area (Å²) in [6, 6.07) is 8.10. The summed E-state index contributed by atoms with van der Waals surface area (Å²) in [7, 11) is 1.97. The van der Waals surface area contributed by atoms with Gasteiger partial charge in [-0.05, 0) is 44.1 Å². The Bertz CT molecular complexity index is 765. The van der Waals surface area contributed by atoms with Gasteiger partial charge < -0.3 is 10.2 Å². The number of rotatable bonds is 7. The van der Waals surface area contributed by atoms with Crippen molar-refractivity contribution in [3.63, 3.8) is 0 Å². The lowest BCUT2D eigenvalue weighted by Gasteiger charge is -2.13. The number of nitrogens with one attached hydrogen (secondary N) is 2. The number of para-hydroxylation sites is 1. The Morgan fingerprint density at radius 2 is 2.04 bits per heavy atom. The molecule has 0 aliphatic heterocycles. The second-order valence-electron chi connectivity index (χ2n) is 6.09. The maximum atomic E-state index is 11.8. The lowest BCUT2D eigenvalue weighted by Crippen LogP contribution is -3.09. The molecule has 1 unspecified atom stereocenters. The van der Waals surface area contributed by atoms with Crippen molar-refractivity contribution < 1.29 is 9.69 Å². The molecule has 2 N–H and O–H groups in total. The summed E-state index contributed by atoms with van der Waals surface area (Å²) in [5.74, 6) is 0.897. The van der Waals surface area contributed by atoms with Gasteiger partial charge in [-0.3, -0.25) is 9.36 Å². The Hall–Kier alpha value is -1.99. The summed E-state index contributed by atoms with van der Waals surface area (Å²) in [4.78, 5) is 12.9. The molecule has 0 saturated heterocycles. The molecule has 0 aliphatic carbocycles. The Kier molecular flexibility index (Phi) is 6.28. The fourth-order valence-electron chi connectivity index (χ4n) is 2.62. The van der Waals surface area contributed by atoms with E-state index in [9.17, 15) is 4.79 Å². The van der Waals surface area contributed by atoms with Crippen LogP contribution in [-0.2, 0) is 11.5 Å². The van der Waals surface area contributed by atoms with Gasteiger partial charge >= 0.3 is 0 Å². The molecule has 0 radical (unpaired) electrons. The first kappa shape index (κ1) is 18.4. The summed E-state index contributed by atoms with van der Waals surface area (Å²) < 4.78 is 4.42. The van der Waals surface area contributed by atoms with Crippen LogP contribution in [0.2, 0.25) is 0 Å². The molecule has 24 heavy (non-hydrogen) atoms. The molecule has 1 aromatic heterocycles. The van der Waals surface area contributed by atoms with Crippen molar-refractivity contribution >= 4 is 18.1 Å². The quantitative estimate of drug-likeness (QED) is 0.735. The van der Waals surface area contributed by atoms with Gasteiger partial charge in [-0.1, -0.05) is 25.1 Å². The summed E-state index contributed by atoms with van der Waals surface area (Å²) in [6.07, 6.45) is 0.940. The van der Waals surface area contributed by atoms with Crippen molar-refractivity contribution in [1.29, 1.82) is 0 Å². The zero-order valence-corrected chi connectivity index (χ0v) is 15.6. The van der Waals surface area contributed by atoms with Crippen molar-refractivity contribution in [2.75, 3.05) is 20.1 Å². The second kappa shape index (κ2) is 8.21. The number of hydrogen-bond acceptors (Lipinski definition) is 3. The standard InChI is InChI=1S/C17H25N5OS/c1-5-10-18-16(23)11-20(4)12-21-17(24)22(14(3)19-21)15-9-7-6-8-13(15)2/h6-9H,5,10-12H2,1-4H3,(H,18,23)/p+1. The van der Waals surface area contributed by atoms with Crippen molar-refractivity contribution in [2.24, 2.45) is 0 Å². The van der Waals surface area contributed by atoms with Crippen LogP contribution in [0.25, 0.3) is 5.69 Å². The van der Waals surface area contributed by atoms with Gasteiger partial charge in [0.2, 0.25) is 4.77 Å². The lowest BCUT2D eigenvalue weighted by atomic mass is 10.2. The molecular formula is C17H26N5OS+. The summed E-state index contributed by atoms with van der Waals surface area (Å²) in [5, 5.41) is 7.45. The zero-order valence-electron chi connectivity index (χ0n) is 14.8. The van der Waals surface area contributed by atoms with Gasteiger partial charge in [-0.25, -0.2) is 0 Å². The fourth-order valence-corrected chi connectivity index (χ4v) is 2.96. The van der Waals surface area contributed by atoms with Crippen molar-refractivity contribution in [3.05, 3.63) is 40.4 Å². The van der Waals surface area contributed by atoms with Crippen LogP contribution in [0.3, 0.4) is 0 Å². The molecule has 6 nitrogen and oxygen atoms in total.